The molecule has 0 saturated carbocycles. The van der Waals surface area contributed by atoms with E-state index in [4.69, 9.17) is 4.74 Å². The maximum absolute atomic E-state index is 13.2. The topological polar surface area (TPSA) is 114 Å². The van der Waals surface area contributed by atoms with Crippen LogP contribution in [0.3, 0.4) is 0 Å². The maximum atomic E-state index is 13.2. The molecule has 0 radical (unpaired) electrons. The number of carbonyl (C=O) groups excluding carboxylic acids is 2. The van der Waals surface area contributed by atoms with Gasteiger partial charge < -0.3 is 15.0 Å². The predicted molar refractivity (Wildman–Crippen MR) is 108 cm³/mol. The number of rotatable bonds is 6. The maximum Gasteiger partial charge on any atom is 0.438 e. The Labute approximate surface area is 188 Å². The van der Waals surface area contributed by atoms with Gasteiger partial charge in [-0.1, -0.05) is 12.1 Å². The number of carbonyl (C=O) groups is 2. The van der Waals surface area contributed by atoms with Gasteiger partial charge in [-0.05, 0) is 17.7 Å². The van der Waals surface area contributed by atoms with Gasteiger partial charge in [-0.15, -0.1) is 0 Å². The smallest absolute Gasteiger partial charge is 0.406 e. The number of amides is 3. The Morgan fingerprint density at radius 2 is 2.06 bits per heavy atom. The molecule has 176 valence electrons. The van der Waals surface area contributed by atoms with Crippen LogP contribution in [0.4, 0.5) is 32.3 Å². The van der Waals surface area contributed by atoms with Gasteiger partial charge in [0.15, 0.2) is 11.6 Å². The molecule has 0 saturated heterocycles. The lowest BCUT2D eigenvalue weighted by Crippen LogP contribution is -2.30. The highest BCUT2D eigenvalue weighted by atomic mass is 32.1. The molecule has 0 spiro atoms. The molecule has 3 rings (SSSR count). The first kappa shape index (κ1) is 23.9. The highest BCUT2D eigenvalue weighted by Gasteiger charge is 2.39. The normalized spacial score (nSPS) is 11.2. The van der Waals surface area contributed by atoms with Crippen molar-refractivity contribution >= 4 is 28.8 Å². The number of anilines is 1. The molecule has 3 aromatic rings. The number of hydrogen-bond acceptors (Lipinski definition) is 7. The quantitative estimate of drug-likeness (QED) is 0.516. The molecule has 0 aliphatic heterocycles. The number of aromatic nitrogens is 4. The van der Waals surface area contributed by atoms with Crippen LogP contribution in [0, 0.1) is 5.82 Å². The van der Waals surface area contributed by atoms with Crippen molar-refractivity contribution in [2.24, 2.45) is 7.05 Å². The van der Waals surface area contributed by atoms with Gasteiger partial charge in [-0.2, -0.15) is 22.6 Å². The number of ether oxygens (including phenoxy) is 1. The van der Waals surface area contributed by atoms with Crippen LogP contribution < -0.4 is 15.4 Å². The van der Waals surface area contributed by atoms with Gasteiger partial charge in [-0.25, -0.2) is 19.0 Å². The highest BCUT2D eigenvalue weighted by molar-refractivity contribution is 7.09. The second-order valence-corrected chi connectivity index (χ2v) is 7.44. The molecule has 15 heteroatoms. The molecule has 1 aromatic carbocycles. The number of halogens is 4. The van der Waals surface area contributed by atoms with Crippen molar-refractivity contribution < 1.29 is 31.9 Å². The molecule has 0 aliphatic rings. The summed E-state index contributed by atoms with van der Waals surface area (Å²) in [6, 6.07) is 5.11. The zero-order valence-corrected chi connectivity index (χ0v) is 18.0. The third kappa shape index (κ3) is 6.61. The second kappa shape index (κ2) is 9.81. The van der Waals surface area contributed by atoms with Gasteiger partial charge in [0.25, 0.3) is 0 Å². The lowest BCUT2D eigenvalue weighted by atomic mass is 10.2. The molecule has 0 aliphatic carbocycles. The van der Waals surface area contributed by atoms with Crippen molar-refractivity contribution in [3.05, 3.63) is 53.4 Å². The first-order chi connectivity index (χ1) is 15.5. The van der Waals surface area contributed by atoms with Gasteiger partial charge in [-0.3, -0.25) is 10.00 Å². The number of nitrogens with one attached hydrogen (secondary N) is 2. The lowest BCUT2D eigenvalue weighted by Gasteiger charge is -2.15. The van der Waals surface area contributed by atoms with Gasteiger partial charge in [0.1, 0.15) is 5.82 Å². The van der Waals surface area contributed by atoms with Crippen molar-refractivity contribution in [3.8, 4) is 5.75 Å². The molecule has 33 heavy (non-hydrogen) atoms. The van der Waals surface area contributed by atoms with E-state index in [2.05, 4.69) is 25.1 Å². The molecular weight excluding hydrogens is 470 g/mol. The predicted octanol–water partition coefficient (Wildman–Crippen LogP) is 3.38. The molecule has 2 heterocycles. The lowest BCUT2D eigenvalue weighted by molar-refractivity contribution is -0.142. The summed E-state index contributed by atoms with van der Waals surface area (Å²) in [5.41, 5.74) is -0.764. The zero-order valence-electron chi connectivity index (χ0n) is 17.2. The van der Waals surface area contributed by atoms with Crippen molar-refractivity contribution in [2.75, 3.05) is 12.4 Å². The average Bonchev–Trinajstić information content (AvgIpc) is 3.32. The third-order valence-electron chi connectivity index (χ3n) is 3.98. The fourth-order valence-corrected chi connectivity index (χ4v) is 3.10. The summed E-state index contributed by atoms with van der Waals surface area (Å²) in [6.45, 7) is -0.109. The van der Waals surface area contributed by atoms with E-state index in [1.165, 1.54) is 32.3 Å². The molecule has 0 bridgehead atoms. The van der Waals surface area contributed by atoms with Crippen LogP contribution in [0.5, 0.6) is 5.75 Å². The highest BCUT2D eigenvalue weighted by Crippen LogP contribution is 2.35. The summed E-state index contributed by atoms with van der Waals surface area (Å²) in [7, 11) is 2.55. The number of urea groups is 1. The third-order valence-corrected chi connectivity index (χ3v) is 4.65. The van der Waals surface area contributed by atoms with E-state index >= 15 is 0 Å². The first-order valence-corrected chi connectivity index (χ1v) is 9.94. The number of aryl methyl sites for hydroxylation is 1. The van der Waals surface area contributed by atoms with Crippen LogP contribution in [0.1, 0.15) is 17.1 Å². The molecule has 2 aromatic heterocycles. The van der Waals surface area contributed by atoms with E-state index in [1.807, 2.05) is 0 Å². The van der Waals surface area contributed by atoms with Gasteiger partial charge in [0, 0.05) is 32.2 Å². The fraction of sp³-hybridized carbons (Fsp3) is 0.278. The Balaban J connectivity index is 1.52. The second-order valence-electron chi connectivity index (χ2n) is 6.69. The Morgan fingerprint density at radius 3 is 2.76 bits per heavy atom. The Morgan fingerprint density at radius 1 is 1.30 bits per heavy atom. The van der Waals surface area contributed by atoms with Crippen molar-refractivity contribution in [1.82, 2.24) is 29.4 Å². The molecule has 10 nitrogen and oxygen atoms in total. The first-order valence-electron chi connectivity index (χ1n) is 9.17. The Hall–Kier alpha value is -3.75. The number of nitrogens with zero attached hydrogens (tertiary/aromatic N) is 5. The monoisotopic (exact) mass is 487 g/mol. The minimum atomic E-state index is -4.79. The van der Waals surface area contributed by atoms with E-state index in [9.17, 15) is 27.2 Å². The van der Waals surface area contributed by atoms with Gasteiger partial charge in [0.05, 0.1) is 12.7 Å². The summed E-state index contributed by atoms with van der Waals surface area (Å²) < 4.78 is 61.8. The van der Waals surface area contributed by atoms with Crippen molar-refractivity contribution in [2.45, 2.75) is 19.3 Å². The zero-order chi connectivity index (χ0) is 24.2. The minimum absolute atomic E-state index is 0.0814. The largest absolute Gasteiger partial charge is 0.438 e. The standard InChI is InChI=1S/C18H17F4N7O3S/c1-28(17(31)32-12-8-29(2)26-14(12)18(20,21)22)9-13-24-16(33-27-13)25-15(30)23-7-10-4-3-5-11(19)6-10/h3-6,8H,7,9H2,1-2H3,(H2,23,24,25,27,30). The fourth-order valence-electron chi connectivity index (χ4n) is 2.53. The van der Waals surface area contributed by atoms with Crippen molar-refractivity contribution in [3.63, 3.8) is 0 Å². The summed E-state index contributed by atoms with van der Waals surface area (Å²) >= 11 is 0.835. The van der Waals surface area contributed by atoms with Crippen LogP contribution >= 0.6 is 11.5 Å². The molecule has 0 atom stereocenters. The average molecular weight is 487 g/mol. The van der Waals surface area contributed by atoms with Crippen LogP contribution in [-0.2, 0) is 26.3 Å². The number of alkyl halides is 3. The van der Waals surface area contributed by atoms with E-state index in [0.717, 1.165) is 27.3 Å². The van der Waals surface area contributed by atoms with Crippen LogP contribution in [0.15, 0.2) is 30.5 Å². The number of hydrogen-bond donors (Lipinski definition) is 2. The summed E-state index contributed by atoms with van der Waals surface area (Å²) in [5.74, 6) is -1.03. The Kier molecular flexibility index (Phi) is 7.10. The summed E-state index contributed by atoms with van der Waals surface area (Å²) in [5, 5.41) is 8.35. The van der Waals surface area contributed by atoms with Crippen molar-refractivity contribution in [1.29, 1.82) is 0 Å². The molecule has 2 N–H and O–H groups in total. The molecular formula is C18H17F4N7O3S. The van der Waals surface area contributed by atoms with Crippen LogP contribution in [0.25, 0.3) is 0 Å². The summed E-state index contributed by atoms with van der Waals surface area (Å²) in [4.78, 5) is 29.1. The SMILES string of the molecule is CN(Cc1nsc(NC(=O)NCc2cccc(F)c2)n1)C(=O)Oc1cn(C)nc1C(F)(F)F. The van der Waals surface area contributed by atoms with Crippen LogP contribution in [-0.4, -0.2) is 43.2 Å². The minimum Gasteiger partial charge on any atom is -0.406 e. The van der Waals surface area contributed by atoms with Gasteiger partial charge >= 0.3 is 18.3 Å². The number of benzene rings is 1. The Bertz CT molecular complexity index is 1150. The van der Waals surface area contributed by atoms with E-state index in [-0.39, 0.29) is 24.0 Å². The molecule has 3 amide bonds. The van der Waals surface area contributed by atoms with Gasteiger partial charge in [0.2, 0.25) is 10.8 Å². The van der Waals surface area contributed by atoms with E-state index in [0.29, 0.717) is 5.56 Å². The molecule has 0 fully saturated rings. The molecule has 0 unspecified atom stereocenters. The summed E-state index contributed by atoms with van der Waals surface area (Å²) in [6.07, 6.45) is -4.94. The van der Waals surface area contributed by atoms with Crippen LogP contribution in [0.2, 0.25) is 0 Å². The van der Waals surface area contributed by atoms with E-state index in [1.54, 1.807) is 6.07 Å². The van der Waals surface area contributed by atoms with E-state index < -0.39 is 35.6 Å².